The molecule has 0 atom stereocenters. The summed E-state index contributed by atoms with van der Waals surface area (Å²) in [6.07, 6.45) is 0. The van der Waals surface area contributed by atoms with E-state index in [4.69, 9.17) is 23.2 Å². The van der Waals surface area contributed by atoms with Crippen LogP contribution in [0, 0.1) is 6.92 Å². The zero-order valence-corrected chi connectivity index (χ0v) is 14.5. The number of fused-ring (bicyclic) bond motifs is 1. The molecule has 21 heavy (non-hydrogen) atoms. The Morgan fingerprint density at radius 2 is 1.90 bits per heavy atom. The average molecular weight is 379 g/mol. The van der Waals surface area contributed by atoms with Gasteiger partial charge in [0.05, 0.1) is 19.6 Å². The molecule has 0 saturated carbocycles. The maximum atomic E-state index is 12.2. The van der Waals surface area contributed by atoms with Crippen molar-refractivity contribution >= 4 is 71.2 Å². The summed E-state index contributed by atoms with van der Waals surface area (Å²) < 4.78 is 28.3. The highest BCUT2D eigenvalue weighted by Crippen LogP contribution is 2.35. The van der Waals surface area contributed by atoms with Crippen molar-refractivity contribution in [2.75, 3.05) is 4.72 Å². The summed E-state index contributed by atoms with van der Waals surface area (Å²) in [6.45, 7) is 1.90. The first kappa shape index (κ1) is 15.1. The Balaban J connectivity index is 2.02. The molecule has 0 saturated heterocycles. The van der Waals surface area contributed by atoms with E-state index in [1.807, 2.05) is 13.0 Å². The Morgan fingerprint density at radius 1 is 1.14 bits per heavy atom. The van der Waals surface area contributed by atoms with E-state index >= 15 is 0 Å². The molecular weight excluding hydrogens is 371 g/mol. The van der Waals surface area contributed by atoms with Crippen LogP contribution in [0.25, 0.3) is 10.2 Å². The Morgan fingerprint density at radius 3 is 2.52 bits per heavy atom. The molecule has 1 aromatic carbocycles. The van der Waals surface area contributed by atoms with Crippen molar-refractivity contribution in [1.29, 1.82) is 0 Å². The number of rotatable bonds is 3. The van der Waals surface area contributed by atoms with Gasteiger partial charge in [-0.05, 0) is 30.7 Å². The fourth-order valence-corrected chi connectivity index (χ4v) is 5.69. The van der Waals surface area contributed by atoms with Gasteiger partial charge < -0.3 is 0 Å². The Kier molecular flexibility index (Phi) is 3.87. The number of anilines is 1. The number of thiophene rings is 1. The number of aromatic nitrogens is 1. The zero-order chi connectivity index (χ0) is 15.2. The highest BCUT2D eigenvalue weighted by atomic mass is 35.5. The molecule has 0 amide bonds. The van der Waals surface area contributed by atoms with Crippen LogP contribution in [0.4, 0.5) is 5.13 Å². The topological polar surface area (TPSA) is 59.1 Å². The molecule has 0 spiro atoms. The number of hydrogen-bond donors (Lipinski definition) is 1. The number of thiazole rings is 1. The third-order valence-corrected chi connectivity index (χ3v) is 7.35. The van der Waals surface area contributed by atoms with E-state index in [-0.39, 0.29) is 9.34 Å². The van der Waals surface area contributed by atoms with Crippen LogP contribution in [0.2, 0.25) is 9.36 Å². The van der Waals surface area contributed by atoms with Gasteiger partial charge in [0.1, 0.15) is 4.21 Å². The fraction of sp³-hybridized carbons (Fsp3) is 0.0833. The molecule has 1 N–H and O–H groups in total. The van der Waals surface area contributed by atoms with Crippen LogP contribution in [0.15, 0.2) is 28.5 Å². The van der Waals surface area contributed by atoms with Crippen molar-refractivity contribution < 1.29 is 8.42 Å². The van der Waals surface area contributed by atoms with E-state index in [2.05, 4.69) is 9.71 Å². The smallest absolute Gasteiger partial charge is 0.254 e. The van der Waals surface area contributed by atoms with Gasteiger partial charge in [0.25, 0.3) is 10.0 Å². The van der Waals surface area contributed by atoms with Crippen LogP contribution in [0.3, 0.4) is 0 Å². The highest BCUT2D eigenvalue weighted by molar-refractivity contribution is 7.95. The molecule has 110 valence electrons. The van der Waals surface area contributed by atoms with Crippen molar-refractivity contribution in [3.05, 3.63) is 39.2 Å². The summed E-state index contributed by atoms with van der Waals surface area (Å²) in [4.78, 5) is 4.31. The van der Waals surface area contributed by atoms with Gasteiger partial charge in [0.15, 0.2) is 5.13 Å². The van der Waals surface area contributed by atoms with Crippen molar-refractivity contribution in [3.8, 4) is 0 Å². The van der Waals surface area contributed by atoms with Crippen molar-refractivity contribution in [3.63, 3.8) is 0 Å². The molecule has 3 rings (SSSR count). The van der Waals surface area contributed by atoms with E-state index in [1.165, 1.54) is 17.4 Å². The molecule has 0 aliphatic heterocycles. The molecule has 0 fully saturated rings. The number of aryl methyl sites for hydroxylation is 1. The summed E-state index contributed by atoms with van der Waals surface area (Å²) in [7, 11) is -3.68. The fourth-order valence-electron chi connectivity index (χ4n) is 1.75. The number of halogens is 2. The summed E-state index contributed by atoms with van der Waals surface area (Å²) in [5.74, 6) is 0. The predicted octanol–water partition coefficient (Wildman–Crippen LogP) is 4.77. The van der Waals surface area contributed by atoms with Gasteiger partial charge in [-0.25, -0.2) is 13.4 Å². The van der Waals surface area contributed by atoms with Crippen molar-refractivity contribution in [2.45, 2.75) is 11.1 Å². The Hall–Kier alpha value is -0.860. The number of nitrogens with zero attached hydrogens (tertiary/aromatic N) is 1. The summed E-state index contributed by atoms with van der Waals surface area (Å²) >= 11 is 14.1. The molecule has 0 aliphatic rings. The first-order valence-corrected chi connectivity index (χ1v) is 9.58. The van der Waals surface area contributed by atoms with Gasteiger partial charge in [-0.3, -0.25) is 4.72 Å². The van der Waals surface area contributed by atoms with Crippen LogP contribution in [-0.4, -0.2) is 13.4 Å². The molecule has 9 heteroatoms. The van der Waals surface area contributed by atoms with Gasteiger partial charge in [-0.15, -0.1) is 11.3 Å². The maximum absolute atomic E-state index is 12.2. The van der Waals surface area contributed by atoms with Crippen LogP contribution in [0.1, 0.15) is 5.56 Å². The first-order chi connectivity index (χ1) is 9.87. The number of sulfonamides is 1. The van der Waals surface area contributed by atoms with Gasteiger partial charge in [0.2, 0.25) is 0 Å². The normalized spacial score (nSPS) is 12.0. The molecule has 4 nitrogen and oxygen atoms in total. The van der Waals surface area contributed by atoms with Gasteiger partial charge >= 0.3 is 0 Å². The highest BCUT2D eigenvalue weighted by Gasteiger charge is 2.19. The van der Waals surface area contributed by atoms with Gasteiger partial charge in [0, 0.05) is 0 Å². The lowest BCUT2D eigenvalue weighted by molar-refractivity contribution is 0.603. The van der Waals surface area contributed by atoms with Crippen LogP contribution < -0.4 is 4.72 Å². The SMILES string of the molecule is Cc1ccc(Cl)c2sc(NS(=O)(=O)c3ccc(Cl)s3)nc12. The minimum Gasteiger partial charge on any atom is -0.254 e. The number of hydrogen-bond acceptors (Lipinski definition) is 5. The van der Waals surface area contributed by atoms with E-state index in [9.17, 15) is 8.42 Å². The summed E-state index contributed by atoms with van der Waals surface area (Å²) in [5.41, 5.74) is 1.64. The van der Waals surface area contributed by atoms with E-state index < -0.39 is 10.0 Å². The second-order valence-corrected chi connectivity index (χ2v) is 9.26. The van der Waals surface area contributed by atoms with Crippen LogP contribution in [0.5, 0.6) is 0 Å². The monoisotopic (exact) mass is 378 g/mol. The first-order valence-electron chi connectivity index (χ1n) is 5.70. The molecule has 0 unspecified atom stereocenters. The minimum absolute atomic E-state index is 0.148. The lowest BCUT2D eigenvalue weighted by Crippen LogP contribution is -2.11. The molecular formula is C12H8Cl2N2O2S3. The lowest BCUT2D eigenvalue weighted by Gasteiger charge is -2.01. The maximum Gasteiger partial charge on any atom is 0.273 e. The van der Waals surface area contributed by atoms with E-state index in [0.717, 1.165) is 21.6 Å². The quantitative estimate of drug-likeness (QED) is 0.713. The van der Waals surface area contributed by atoms with E-state index in [1.54, 1.807) is 12.1 Å². The second kappa shape index (κ2) is 5.40. The molecule has 0 aliphatic carbocycles. The Bertz CT molecular complexity index is 892. The molecule has 2 heterocycles. The van der Waals surface area contributed by atoms with Crippen molar-refractivity contribution in [1.82, 2.24) is 4.98 Å². The zero-order valence-electron chi connectivity index (χ0n) is 10.6. The molecule has 2 aromatic heterocycles. The molecule has 3 aromatic rings. The third kappa shape index (κ3) is 2.89. The number of nitrogens with one attached hydrogen (secondary N) is 1. The Labute approximate surface area is 139 Å². The van der Waals surface area contributed by atoms with Gasteiger partial charge in [-0.2, -0.15) is 0 Å². The third-order valence-electron chi connectivity index (χ3n) is 2.73. The average Bonchev–Trinajstić information content (AvgIpc) is 3.01. The lowest BCUT2D eigenvalue weighted by atomic mass is 10.2. The number of benzene rings is 1. The standard InChI is InChI=1S/C12H8Cl2N2O2S3/c1-6-2-3-7(13)11-10(6)15-12(20-11)16-21(17,18)9-5-4-8(14)19-9/h2-5H,1H3,(H,15,16). The largest absolute Gasteiger partial charge is 0.273 e. The summed E-state index contributed by atoms with van der Waals surface area (Å²) in [5, 5.41) is 0.837. The minimum atomic E-state index is -3.68. The summed E-state index contributed by atoms with van der Waals surface area (Å²) in [6, 6.07) is 6.62. The second-order valence-electron chi connectivity index (χ2n) is 4.23. The van der Waals surface area contributed by atoms with Crippen LogP contribution in [-0.2, 0) is 10.0 Å². The van der Waals surface area contributed by atoms with Crippen LogP contribution >= 0.6 is 45.9 Å². The van der Waals surface area contributed by atoms with Crippen molar-refractivity contribution in [2.24, 2.45) is 0 Å². The predicted molar refractivity (Wildman–Crippen MR) is 89.5 cm³/mol. The van der Waals surface area contributed by atoms with E-state index in [0.29, 0.717) is 14.9 Å². The molecule has 0 radical (unpaired) electrons. The van der Waals surface area contributed by atoms with Gasteiger partial charge in [-0.1, -0.05) is 40.6 Å². The molecule has 0 bridgehead atoms.